The zero-order valence-electron chi connectivity index (χ0n) is 15.8. The average molecular weight is 413 g/mol. The van der Waals surface area contributed by atoms with E-state index in [0.717, 1.165) is 17.3 Å². The smallest absolute Gasteiger partial charge is 0.321 e. The molecule has 0 fully saturated rings. The largest absolute Gasteiger partial charge is 0.338 e. The molecule has 0 saturated carbocycles. The maximum absolute atomic E-state index is 14.3. The van der Waals surface area contributed by atoms with Gasteiger partial charge in [0.1, 0.15) is 5.82 Å². The summed E-state index contributed by atoms with van der Waals surface area (Å²) in [6.45, 7) is 2.59. The second-order valence-electron chi connectivity index (χ2n) is 6.05. The topological polar surface area (TPSA) is 88.9 Å². The minimum absolute atomic E-state index is 0.0265. The highest BCUT2D eigenvalue weighted by molar-refractivity contribution is 7.99. The van der Waals surface area contributed by atoms with Gasteiger partial charge in [-0.15, -0.1) is 10.2 Å². The summed E-state index contributed by atoms with van der Waals surface area (Å²) in [5.74, 6) is -0.512. The number of halogens is 1. The van der Waals surface area contributed by atoms with E-state index < -0.39 is 17.8 Å². The summed E-state index contributed by atoms with van der Waals surface area (Å²) in [5.41, 5.74) is 1.31. The number of carbonyl (C=O) groups excluding carboxylic acids is 2. The highest BCUT2D eigenvalue weighted by Crippen LogP contribution is 2.26. The Balaban J connectivity index is 1.84. The second kappa shape index (κ2) is 9.83. The van der Waals surface area contributed by atoms with Crippen molar-refractivity contribution in [3.05, 3.63) is 66.0 Å². The minimum Gasteiger partial charge on any atom is -0.338 e. The molecule has 0 aliphatic rings. The van der Waals surface area contributed by atoms with E-state index in [1.54, 1.807) is 29.7 Å². The van der Waals surface area contributed by atoms with Crippen LogP contribution in [0.25, 0.3) is 11.4 Å². The summed E-state index contributed by atoms with van der Waals surface area (Å²) < 4.78 is 16.1. The number of rotatable bonds is 7. The molecule has 7 nitrogen and oxygen atoms in total. The van der Waals surface area contributed by atoms with E-state index in [-0.39, 0.29) is 5.75 Å². The highest BCUT2D eigenvalue weighted by Gasteiger charge is 2.18. The lowest BCUT2D eigenvalue weighted by Gasteiger charge is -2.11. The van der Waals surface area contributed by atoms with Gasteiger partial charge in [-0.1, -0.05) is 54.2 Å². The van der Waals surface area contributed by atoms with Gasteiger partial charge in [-0.2, -0.15) is 0 Å². The predicted molar refractivity (Wildman–Crippen MR) is 109 cm³/mol. The average Bonchev–Trinajstić information content (AvgIpc) is 3.10. The van der Waals surface area contributed by atoms with Crippen LogP contribution in [0.4, 0.5) is 9.18 Å². The number of aromatic nitrogens is 3. The molecule has 9 heteroatoms. The monoisotopic (exact) mass is 413 g/mol. The lowest BCUT2D eigenvalue weighted by molar-refractivity contribution is -0.117. The fourth-order valence-electron chi connectivity index (χ4n) is 2.64. The number of hydrogen-bond donors (Lipinski definition) is 2. The van der Waals surface area contributed by atoms with Crippen molar-refractivity contribution in [3.8, 4) is 11.4 Å². The van der Waals surface area contributed by atoms with Crippen LogP contribution in [0.3, 0.4) is 0 Å². The lowest BCUT2D eigenvalue weighted by atomic mass is 10.2. The molecule has 2 N–H and O–H groups in total. The molecule has 3 aromatic rings. The zero-order valence-corrected chi connectivity index (χ0v) is 16.6. The van der Waals surface area contributed by atoms with Crippen LogP contribution in [0.15, 0.2) is 59.8 Å². The fraction of sp³-hybridized carbons (Fsp3) is 0.200. The third-order valence-corrected chi connectivity index (χ3v) is 4.90. The highest BCUT2D eigenvalue weighted by atomic mass is 32.2. The number of carbonyl (C=O) groups is 2. The molecule has 0 bridgehead atoms. The van der Waals surface area contributed by atoms with Crippen LogP contribution < -0.4 is 10.6 Å². The molecule has 0 aliphatic carbocycles. The Morgan fingerprint density at radius 1 is 1.07 bits per heavy atom. The molecule has 150 valence electrons. The molecule has 3 rings (SSSR count). The van der Waals surface area contributed by atoms with Crippen molar-refractivity contribution < 1.29 is 14.0 Å². The first-order valence-corrected chi connectivity index (χ1v) is 9.99. The molecule has 0 unspecified atom stereocenters. The summed E-state index contributed by atoms with van der Waals surface area (Å²) in [6.07, 6.45) is 0. The first-order chi connectivity index (χ1) is 14.1. The Kier molecular flexibility index (Phi) is 6.96. The Bertz CT molecular complexity index is 994. The molecule has 1 heterocycles. The molecular formula is C20H20FN5O2S. The number of thioether (sulfide) groups is 1. The summed E-state index contributed by atoms with van der Waals surface area (Å²) in [5, 5.41) is 13.5. The minimum atomic E-state index is -0.545. The predicted octanol–water partition coefficient (Wildman–Crippen LogP) is 3.07. The summed E-state index contributed by atoms with van der Waals surface area (Å²) in [7, 11) is 0. The van der Waals surface area contributed by atoms with Crippen molar-refractivity contribution in [2.75, 3.05) is 12.3 Å². The van der Waals surface area contributed by atoms with Crippen molar-refractivity contribution in [1.29, 1.82) is 0 Å². The Morgan fingerprint density at radius 2 is 1.79 bits per heavy atom. The quantitative estimate of drug-likeness (QED) is 0.581. The van der Waals surface area contributed by atoms with Crippen molar-refractivity contribution in [1.82, 2.24) is 25.4 Å². The molecule has 29 heavy (non-hydrogen) atoms. The third-order valence-electron chi connectivity index (χ3n) is 3.94. The number of imide groups is 1. The van der Waals surface area contributed by atoms with Crippen LogP contribution in [0.1, 0.15) is 12.5 Å². The van der Waals surface area contributed by atoms with E-state index in [9.17, 15) is 14.0 Å². The van der Waals surface area contributed by atoms with Gasteiger partial charge < -0.3 is 5.32 Å². The van der Waals surface area contributed by atoms with Crippen molar-refractivity contribution in [3.63, 3.8) is 0 Å². The van der Waals surface area contributed by atoms with Crippen molar-refractivity contribution in [2.24, 2.45) is 0 Å². The van der Waals surface area contributed by atoms with Crippen molar-refractivity contribution in [2.45, 2.75) is 18.6 Å². The molecule has 0 radical (unpaired) electrons. The van der Waals surface area contributed by atoms with Gasteiger partial charge in [0.25, 0.3) is 0 Å². The molecule has 0 saturated heterocycles. The number of urea groups is 1. The molecule has 3 amide bonds. The Hall–Kier alpha value is -3.20. The van der Waals surface area contributed by atoms with Gasteiger partial charge >= 0.3 is 6.03 Å². The zero-order chi connectivity index (χ0) is 20.6. The van der Waals surface area contributed by atoms with Gasteiger partial charge in [-0.25, -0.2) is 9.18 Å². The number of amides is 3. The third kappa shape index (κ3) is 5.41. The van der Waals surface area contributed by atoms with Crippen LogP contribution in [0.2, 0.25) is 0 Å². The van der Waals surface area contributed by atoms with Gasteiger partial charge in [0.2, 0.25) is 5.91 Å². The van der Waals surface area contributed by atoms with E-state index in [4.69, 9.17) is 0 Å². The van der Waals surface area contributed by atoms with Crippen LogP contribution in [-0.2, 0) is 11.3 Å². The van der Waals surface area contributed by atoms with Crippen LogP contribution >= 0.6 is 11.8 Å². The Morgan fingerprint density at radius 3 is 2.52 bits per heavy atom. The summed E-state index contributed by atoms with van der Waals surface area (Å²) in [4.78, 5) is 23.5. The maximum atomic E-state index is 14.3. The number of hydrogen-bond acceptors (Lipinski definition) is 5. The van der Waals surface area contributed by atoms with E-state index in [1.165, 1.54) is 6.07 Å². The summed E-state index contributed by atoms with van der Waals surface area (Å²) in [6, 6.07) is 15.4. The number of benzene rings is 2. The first kappa shape index (κ1) is 20.5. The maximum Gasteiger partial charge on any atom is 0.321 e. The first-order valence-electron chi connectivity index (χ1n) is 9.01. The molecule has 2 aromatic carbocycles. The molecule has 0 spiro atoms. The lowest BCUT2D eigenvalue weighted by Crippen LogP contribution is -2.40. The van der Waals surface area contributed by atoms with Gasteiger partial charge in [-0.3, -0.25) is 14.7 Å². The van der Waals surface area contributed by atoms with Crippen LogP contribution in [-0.4, -0.2) is 39.0 Å². The van der Waals surface area contributed by atoms with E-state index in [1.807, 2.05) is 30.3 Å². The second-order valence-corrected chi connectivity index (χ2v) is 7.00. The van der Waals surface area contributed by atoms with Crippen LogP contribution in [0, 0.1) is 5.82 Å². The molecule has 0 atom stereocenters. The van der Waals surface area contributed by atoms with Gasteiger partial charge in [0.05, 0.1) is 17.9 Å². The van der Waals surface area contributed by atoms with Crippen molar-refractivity contribution >= 4 is 23.7 Å². The van der Waals surface area contributed by atoms with E-state index in [0.29, 0.717) is 29.6 Å². The Labute approximate surface area is 171 Å². The SMILES string of the molecule is CCNC(=O)NC(=O)CSc1nnc(-c2ccccc2F)n1Cc1ccccc1. The molecule has 1 aromatic heterocycles. The fourth-order valence-corrected chi connectivity index (χ4v) is 3.38. The van der Waals surface area contributed by atoms with Crippen LogP contribution in [0.5, 0.6) is 0 Å². The molecule has 0 aliphatic heterocycles. The standard InChI is InChI=1S/C20H20FN5O2S/c1-2-22-19(28)23-17(27)13-29-20-25-24-18(15-10-6-7-11-16(15)21)26(20)12-14-8-4-3-5-9-14/h3-11H,2,12-13H2,1H3,(H2,22,23,27,28). The van der Waals surface area contributed by atoms with Gasteiger partial charge in [0.15, 0.2) is 11.0 Å². The van der Waals surface area contributed by atoms with Gasteiger partial charge in [0, 0.05) is 6.54 Å². The van der Waals surface area contributed by atoms with Gasteiger partial charge in [-0.05, 0) is 24.6 Å². The number of nitrogens with zero attached hydrogens (tertiary/aromatic N) is 3. The normalized spacial score (nSPS) is 10.6. The number of nitrogens with one attached hydrogen (secondary N) is 2. The van der Waals surface area contributed by atoms with E-state index in [2.05, 4.69) is 20.8 Å². The van der Waals surface area contributed by atoms with E-state index >= 15 is 0 Å². The summed E-state index contributed by atoms with van der Waals surface area (Å²) >= 11 is 1.13. The molecular weight excluding hydrogens is 393 g/mol.